The molecular weight excluding hydrogens is 518 g/mol. The highest BCUT2D eigenvalue weighted by Gasteiger charge is 2.39. The van der Waals surface area contributed by atoms with Crippen LogP contribution in [0.5, 0.6) is 11.5 Å². The van der Waals surface area contributed by atoms with E-state index in [1.165, 1.54) is 11.3 Å². The number of carbonyl (C=O) groups excluding carboxylic acids is 3. The number of nitrogens with one attached hydrogen (secondary N) is 2. The summed E-state index contributed by atoms with van der Waals surface area (Å²) in [6, 6.07) is 16.0. The standard InChI is InChI=1S/C29H31N3O6S/c1-32-23-10-9-21(15-27(33)30-16-18-5-3-6-20(13-18)36-2)38-25(23)17-37-24-11-8-19(14-22(24)29(32)35)31-28(34)26-7-4-12-39-26/h3-8,11-14,21,23,25H,9-10,15-17H2,1-2H3,(H,30,33)(H,31,34)/t21-,23+,25+/m0/s1. The van der Waals surface area contributed by atoms with E-state index in [-0.39, 0.29) is 49.0 Å². The van der Waals surface area contributed by atoms with Gasteiger partial charge in [-0.2, -0.15) is 0 Å². The zero-order valence-corrected chi connectivity index (χ0v) is 22.7. The van der Waals surface area contributed by atoms with Crippen molar-refractivity contribution < 1.29 is 28.6 Å². The van der Waals surface area contributed by atoms with E-state index in [0.717, 1.165) is 11.3 Å². The molecule has 5 rings (SSSR count). The first-order valence-electron chi connectivity index (χ1n) is 12.8. The Morgan fingerprint density at radius 2 is 2.00 bits per heavy atom. The molecule has 2 aliphatic heterocycles. The van der Waals surface area contributed by atoms with Crippen molar-refractivity contribution in [3.8, 4) is 11.5 Å². The highest BCUT2D eigenvalue weighted by molar-refractivity contribution is 7.12. The molecule has 9 nitrogen and oxygen atoms in total. The molecule has 1 saturated heterocycles. The molecule has 0 spiro atoms. The van der Waals surface area contributed by atoms with Crippen LogP contribution in [0.1, 0.15) is 44.9 Å². The molecular formula is C29H31N3O6S. The molecule has 0 aliphatic carbocycles. The molecule has 204 valence electrons. The van der Waals surface area contributed by atoms with Crippen molar-refractivity contribution in [1.29, 1.82) is 0 Å². The molecule has 2 aromatic carbocycles. The van der Waals surface area contributed by atoms with Gasteiger partial charge in [-0.1, -0.05) is 18.2 Å². The topological polar surface area (TPSA) is 106 Å². The van der Waals surface area contributed by atoms with Crippen molar-refractivity contribution in [3.05, 3.63) is 76.0 Å². The first kappa shape index (κ1) is 26.7. The molecule has 0 bridgehead atoms. The zero-order valence-electron chi connectivity index (χ0n) is 21.8. The lowest BCUT2D eigenvalue weighted by Gasteiger charge is -2.42. The molecule has 1 fully saturated rings. The van der Waals surface area contributed by atoms with Crippen molar-refractivity contribution in [3.63, 3.8) is 0 Å². The number of likely N-dealkylation sites (N-methyl/N-ethyl adjacent to an activating group) is 1. The lowest BCUT2D eigenvalue weighted by atomic mass is 9.94. The highest BCUT2D eigenvalue weighted by Crippen LogP contribution is 2.32. The zero-order chi connectivity index (χ0) is 27.4. The van der Waals surface area contributed by atoms with E-state index in [2.05, 4.69) is 10.6 Å². The molecule has 2 N–H and O–H groups in total. The van der Waals surface area contributed by atoms with Gasteiger partial charge in [0.15, 0.2) is 0 Å². The van der Waals surface area contributed by atoms with Crippen molar-refractivity contribution >= 4 is 34.7 Å². The largest absolute Gasteiger partial charge is 0.497 e. The minimum absolute atomic E-state index is 0.0973. The number of methoxy groups -OCH3 is 1. The lowest BCUT2D eigenvalue weighted by Crippen LogP contribution is -2.53. The van der Waals surface area contributed by atoms with Crippen LogP contribution in [0, 0.1) is 0 Å². The Morgan fingerprint density at radius 3 is 2.79 bits per heavy atom. The van der Waals surface area contributed by atoms with Gasteiger partial charge in [-0.05, 0) is 60.2 Å². The first-order chi connectivity index (χ1) is 18.9. The number of anilines is 1. The third-order valence-electron chi connectivity index (χ3n) is 7.05. The molecule has 2 aliphatic rings. The van der Waals surface area contributed by atoms with Gasteiger partial charge in [-0.3, -0.25) is 14.4 Å². The molecule has 3 amide bonds. The van der Waals surface area contributed by atoms with Gasteiger partial charge in [-0.15, -0.1) is 11.3 Å². The van der Waals surface area contributed by atoms with E-state index in [4.69, 9.17) is 14.2 Å². The second kappa shape index (κ2) is 11.9. The normalized spacial score (nSPS) is 20.5. The summed E-state index contributed by atoms with van der Waals surface area (Å²) in [6.07, 6.45) is 0.936. The fourth-order valence-corrected chi connectivity index (χ4v) is 5.59. The Balaban J connectivity index is 1.20. The third kappa shape index (κ3) is 6.23. The molecule has 10 heteroatoms. The van der Waals surface area contributed by atoms with Gasteiger partial charge in [0, 0.05) is 19.3 Å². The average molecular weight is 550 g/mol. The molecule has 1 aromatic heterocycles. The monoisotopic (exact) mass is 549 g/mol. The van der Waals surface area contributed by atoms with E-state index in [0.29, 0.717) is 41.3 Å². The number of carbonyl (C=O) groups is 3. The van der Waals surface area contributed by atoms with Crippen molar-refractivity contribution in [1.82, 2.24) is 10.2 Å². The minimum atomic E-state index is -0.366. The molecule has 3 aromatic rings. The van der Waals surface area contributed by atoms with Crippen LogP contribution in [0.2, 0.25) is 0 Å². The molecule has 0 unspecified atom stereocenters. The number of amides is 3. The summed E-state index contributed by atoms with van der Waals surface area (Å²) in [5.41, 5.74) is 1.86. The Kier molecular flexibility index (Phi) is 8.13. The minimum Gasteiger partial charge on any atom is -0.497 e. The molecule has 0 radical (unpaired) electrons. The van der Waals surface area contributed by atoms with Gasteiger partial charge in [0.05, 0.1) is 36.1 Å². The van der Waals surface area contributed by atoms with Crippen LogP contribution in [0.15, 0.2) is 60.0 Å². The number of nitrogens with zero attached hydrogens (tertiary/aromatic N) is 1. The van der Waals surface area contributed by atoms with Crippen LogP contribution in [0.25, 0.3) is 0 Å². The van der Waals surface area contributed by atoms with Crippen LogP contribution < -0.4 is 20.1 Å². The van der Waals surface area contributed by atoms with E-state index >= 15 is 0 Å². The summed E-state index contributed by atoms with van der Waals surface area (Å²) in [7, 11) is 3.37. The Labute approximate surface area is 231 Å². The maximum Gasteiger partial charge on any atom is 0.265 e. The van der Waals surface area contributed by atoms with Gasteiger partial charge < -0.3 is 29.7 Å². The van der Waals surface area contributed by atoms with Crippen LogP contribution in [0.4, 0.5) is 5.69 Å². The number of rotatable bonds is 7. The van der Waals surface area contributed by atoms with E-state index in [9.17, 15) is 14.4 Å². The number of thiophene rings is 1. The SMILES string of the molecule is COc1cccc(CNC(=O)C[C@@H]2CC[C@@H]3[C@@H](COc4ccc(NC(=O)c5cccs5)cc4C(=O)N3C)O2)c1. The molecule has 3 heterocycles. The Bertz CT molecular complexity index is 1340. The fraction of sp³-hybridized carbons (Fsp3) is 0.345. The van der Waals surface area contributed by atoms with E-state index in [1.807, 2.05) is 35.7 Å². The van der Waals surface area contributed by atoms with Gasteiger partial charge in [-0.25, -0.2) is 0 Å². The Hall–Kier alpha value is -3.89. The average Bonchev–Trinajstić information content (AvgIpc) is 3.50. The maximum absolute atomic E-state index is 13.4. The summed E-state index contributed by atoms with van der Waals surface area (Å²) in [5, 5.41) is 7.63. The van der Waals surface area contributed by atoms with Crippen molar-refractivity contribution in [2.45, 2.75) is 44.1 Å². The van der Waals surface area contributed by atoms with E-state index < -0.39 is 0 Å². The number of ether oxygens (including phenoxy) is 3. The van der Waals surface area contributed by atoms with Gasteiger partial charge in [0.25, 0.3) is 11.8 Å². The Morgan fingerprint density at radius 1 is 1.13 bits per heavy atom. The number of benzene rings is 2. The summed E-state index contributed by atoms with van der Waals surface area (Å²) < 4.78 is 17.6. The number of hydrogen-bond donors (Lipinski definition) is 2. The predicted molar refractivity (Wildman–Crippen MR) is 147 cm³/mol. The molecule has 39 heavy (non-hydrogen) atoms. The highest BCUT2D eigenvalue weighted by atomic mass is 32.1. The molecule has 3 atom stereocenters. The second-order valence-corrected chi connectivity index (χ2v) is 10.6. The van der Waals surface area contributed by atoms with Crippen LogP contribution in [-0.4, -0.2) is 61.6 Å². The summed E-state index contributed by atoms with van der Waals surface area (Å²) in [6.45, 7) is 0.653. The van der Waals surface area contributed by atoms with Gasteiger partial charge >= 0.3 is 0 Å². The summed E-state index contributed by atoms with van der Waals surface area (Å²) >= 11 is 1.35. The number of fused-ring (bicyclic) bond motifs is 2. The quantitative estimate of drug-likeness (QED) is 0.460. The molecule has 0 saturated carbocycles. The van der Waals surface area contributed by atoms with Crippen molar-refractivity contribution in [2.75, 3.05) is 26.1 Å². The maximum atomic E-state index is 13.4. The third-order valence-corrected chi connectivity index (χ3v) is 7.92. The summed E-state index contributed by atoms with van der Waals surface area (Å²) in [5.74, 6) is 0.648. The fourth-order valence-electron chi connectivity index (χ4n) is 4.97. The van der Waals surface area contributed by atoms with Gasteiger partial charge in [0.2, 0.25) is 5.91 Å². The first-order valence-corrected chi connectivity index (χ1v) is 13.7. The predicted octanol–water partition coefficient (Wildman–Crippen LogP) is 4.10. The van der Waals surface area contributed by atoms with Crippen LogP contribution in [0.3, 0.4) is 0 Å². The smallest absolute Gasteiger partial charge is 0.265 e. The lowest BCUT2D eigenvalue weighted by molar-refractivity contribution is -0.134. The van der Waals surface area contributed by atoms with Crippen LogP contribution >= 0.6 is 11.3 Å². The van der Waals surface area contributed by atoms with Gasteiger partial charge in [0.1, 0.15) is 24.2 Å². The van der Waals surface area contributed by atoms with E-state index in [1.54, 1.807) is 43.3 Å². The summed E-state index contributed by atoms with van der Waals surface area (Å²) in [4.78, 5) is 40.8. The number of hydrogen-bond acceptors (Lipinski definition) is 7. The second-order valence-electron chi connectivity index (χ2n) is 9.64. The van der Waals surface area contributed by atoms with Crippen molar-refractivity contribution in [2.24, 2.45) is 0 Å². The van der Waals surface area contributed by atoms with Crippen LogP contribution in [-0.2, 0) is 16.1 Å².